The highest BCUT2D eigenvalue weighted by Crippen LogP contribution is 2.36. The molecule has 0 aliphatic carbocycles. The molecule has 0 aromatic heterocycles. The zero-order chi connectivity index (χ0) is 17.9. The summed E-state index contributed by atoms with van der Waals surface area (Å²) in [4.78, 5) is 36.8. The van der Waals surface area contributed by atoms with Gasteiger partial charge in [-0.25, -0.2) is 0 Å². The van der Waals surface area contributed by atoms with Gasteiger partial charge in [-0.05, 0) is 24.1 Å². The van der Waals surface area contributed by atoms with Crippen molar-refractivity contribution >= 4 is 35.1 Å². The molecule has 1 heterocycles. The van der Waals surface area contributed by atoms with Gasteiger partial charge in [0, 0.05) is 11.6 Å². The molecule has 0 bridgehead atoms. The number of nitrogens with one attached hydrogen (secondary N) is 1. The van der Waals surface area contributed by atoms with Crippen molar-refractivity contribution in [2.75, 3.05) is 18.0 Å². The smallest absolute Gasteiger partial charge is 0.307 e. The SMILES string of the molecule is CC(C)CNC(=O)CN1C(=O)C(CC(=O)O)Oc2ccc(Cl)cc21. The summed E-state index contributed by atoms with van der Waals surface area (Å²) in [6.45, 7) is 4.17. The van der Waals surface area contributed by atoms with Crippen LogP contribution in [0.1, 0.15) is 20.3 Å². The average molecular weight is 355 g/mol. The predicted molar refractivity (Wildman–Crippen MR) is 88.3 cm³/mol. The Morgan fingerprint density at radius 2 is 2.12 bits per heavy atom. The Labute approximate surface area is 144 Å². The normalized spacial score (nSPS) is 16.6. The standard InChI is InChI=1S/C16H19ClN2O5/c1-9(2)7-18-14(20)8-19-11-5-10(17)3-4-12(11)24-13(16(19)23)6-15(21)22/h3-5,9,13H,6-8H2,1-2H3,(H,18,20)(H,21,22). The van der Waals surface area contributed by atoms with Gasteiger partial charge in [0.2, 0.25) is 5.91 Å². The summed E-state index contributed by atoms with van der Waals surface area (Å²) < 4.78 is 5.46. The first kappa shape index (κ1) is 18.1. The summed E-state index contributed by atoms with van der Waals surface area (Å²) in [7, 11) is 0. The highest BCUT2D eigenvalue weighted by molar-refractivity contribution is 6.31. The van der Waals surface area contributed by atoms with E-state index in [9.17, 15) is 14.4 Å². The third kappa shape index (κ3) is 4.38. The van der Waals surface area contributed by atoms with E-state index in [-0.39, 0.29) is 18.4 Å². The number of aliphatic carboxylic acids is 1. The molecule has 2 rings (SSSR count). The number of carbonyl (C=O) groups is 3. The molecule has 1 atom stereocenters. The van der Waals surface area contributed by atoms with E-state index in [0.29, 0.717) is 23.0 Å². The molecule has 0 spiro atoms. The summed E-state index contributed by atoms with van der Waals surface area (Å²) in [6.07, 6.45) is -1.65. The minimum atomic E-state index is -1.17. The number of anilines is 1. The van der Waals surface area contributed by atoms with Gasteiger partial charge >= 0.3 is 5.97 Å². The lowest BCUT2D eigenvalue weighted by Gasteiger charge is -2.33. The molecule has 0 radical (unpaired) electrons. The van der Waals surface area contributed by atoms with Crippen LogP contribution in [-0.2, 0) is 14.4 Å². The van der Waals surface area contributed by atoms with Crippen LogP contribution in [0.2, 0.25) is 5.02 Å². The van der Waals surface area contributed by atoms with Crippen molar-refractivity contribution in [2.24, 2.45) is 5.92 Å². The van der Waals surface area contributed by atoms with Crippen LogP contribution in [0.25, 0.3) is 0 Å². The van der Waals surface area contributed by atoms with Gasteiger partial charge in [-0.3, -0.25) is 19.3 Å². The molecule has 7 nitrogen and oxygen atoms in total. The molecule has 8 heteroatoms. The van der Waals surface area contributed by atoms with E-state index < -0.39 is 24.4 Å². The lowest BCUT2D eigenvalue weighted by molar-refractivity contribution is -0.142. The fraction of sp³-hybridized carbons (Fsp3) is 0.438. The largest absolute Gasteiger partial charge is 0.481 e. The number of ether oxygens (including phenoxy) is 1. The Kier molecular flexibility index (Phi) is 5.66. The van der Waals surface area contributed by atoms with Crippen LogP contribution in [0.5, 0.6) is 5.75 Å². The summed E-state index contributed by atoms with van der Waals surface area (Å²) in [6, 6.07) is 4.64. The van der Waals surface area contributed by atoms with Crippen LogP contribution in [0.4, 0.5) is 5.69 Å². The number of amides is 2. The molecular weight excluding hydrogens is 336 g/mol. The first-order chi connectivity index (χ1) is 11.3. The maximum atomic E-state index is 12.5. The summed E-state index contributed by atoms with van der Waals surface area (Å²) in [5.74, 6) is -1.47. The average Bonchev–Trinajstić information content (AvgIpc) is 2.49. The van der Waals surface area contributed by atoms with E-state index in [2.05, 4.69) is 5.32 Å². The first-order valence-electron chi connectivity index (χ1n) is 7.54. The Balaban J connectivity index is 2.25. The molecule has 24 heavy (non-hydrogen) atoms. The van der Waals surface area contributed by atoms with Crippen molar-refractivity contribution in [1.29, 1.82) is 0 Å². The predicted octanol–water partition coefficient (Wildman–Crippen LogP) is 1.68. The fourth-order valence-corrected chi connectivity index (χ4v) is 2.43. The van der Waals surface area contributed by atoms with Crippen LogP contribution in [0, 0.1) is 5.92 Å². The summed E-state index contributed by atoms with van der Waals surface area (Å²) in [5, 5.41) is 12.0. The Morgan fingerprint density at radius 1 is 1.42 bits per heavy atom. The number of benzene rings is 1. The van der Waals surface area contributed by atoms with Gasteiger partial charge in [0.1, 0.15) is 12.3 Å². The number of carbonyl (C=O) groups excluding carboxylic acids is 2. The third-order valence-electron chi connectivity index (χ3n) is 3.39. The van der Waals surface area contributed by atoms with Gasteiger partial charge < -0.3 is 15.2 Å². The van der Waals surface area contributed by atoms with Crippen molar-refractivity contribution in [3.63, 3.8) is 0 Å². The highest BCUT2D eigenvalue weighted by atomic mass is 35.5. The molecule has 0 fully saturated rings. The molecule has 1 unspecified atom stereocenters. The maximum Gasteiger partial charge on any atom is 0.307 e. The lowest BCUT2D eigenvalue weighted by Crippen LogP contribution is -2.50. The number of hydrogen-bond acceptors (Lipinski definition) is 4. The minimum Gasteiger partial charge on any atom is -0.481 e. The number of halogens is 1. The topological polar surface area (TPSA) is 95.9 Å². The maximum absolute atomic E-state index is 12.5. The van der Waals surface area contributed by atoms with Crippen molar-refractivity contribution in [3.05, 3.63) is 23.2 Å². The van der Waals surface area contributed by atoms with Gasteiger partial charge in [-0.15, -0.1) is 0 Å². The van der Waals surface area contributed by atoms with Gasteiger partial charge in [-0.1, -0.05) is 25.4 Å². The fourth-order valence-electron chi connectivity index (χ4n) is 2.27. The van der Waals surface area contributed by atoms with Gasteiger partial charge in [0.25, 0.3) is 5.91 Å². The van der Waals surface area contributed by atoms with Crippen LogP contribution < -0.4 is 15.0 Å². The second-order valence-electron chi connectivity index (χ2n) is 5.94. The van der Waals surface area contributed by atoms with Crippen molar-refractivity contribution in [3.8, 4) is 5.75 Å². The number of nitrogens with zero attached hydrogens (tertiary/aromatic N) is 1. The Morgan fingerprint density at radius 3 is 2.75 bits per heavy atom. The molecule has 1 aromatic rings. The second kappa shape index (κ2) is 7.53. The molecule has 0 saturated carbocycles. The van der Waals surface area contributed by atoms with E-state index in [0.717, 1.165) is 0 Å². The molecular formula is C16H19ClN2O5. The molecule has 1 aliphatic rings. The van der Waals surface area contributed by atoms with Crippen LogP contribution in [0.3, 0.4) is 0 Å². The second-order valence-corrected chi connectivity index (χ2v) is 6.38. The molecule has 0 saturated heterocycles. The van der Waals surface area contributed by atoms with Crippen molar-refractivity contribution < 1.29 is 24.2 Å². The number of fused-ring (bicyclic) bond motifs is 1. The number of hydrogen-bond donors (Lipinski definition) is 2. The minimum absolute atomic E-state index is 0.224. The molecule has 1 aliphatic heterocycles. The number of carboxylic acids is 1. The Hall–Kier alpha value is -2.28. The van der Waals surface area contributed by atoms with Gasteiger partial charge in [0.15, 0.2) is 6.10 Å². The van der Waals surface area contributed by atoms with Crippen LogP contribution in [-0.4, -0.2) is 42.1 Å². The Bertz CT molecular complexity index is 662. The van der Waals surface area contributed by atoms with E-state index in [4.69, 9.17) is 21.4 Å². The molecule has 2 N–H and O–H groups in total. The van der Waals surface area contributed by atoms with Crippen molar-refractivity contribution in [1.82, 2.24) is 5.32 Å². The number of carboxylic acid groups (broad SMARTS) is 1. The lowest BCUT2D eigenvalue weighted by atomic mass is 10.1. The molecule has 130 valence electrons. The van der Waals surface area contributed by atoms with Gasteiger partial charge in [-0.2, -0.15) is 0 Å². The molecule has 2 amide bonds. The van der Waals surface area contributed by atoms with Crippen LogP contribution in [0.15, 0.2) is 18.2 Å². The van der Waals surface area contributed by atoms with E-state index >= 15 is 0 Å². The molecule has 1 aromatic carbocycles. The monoisotopic (exact) mass is 354 g/mol. The summed E-state index contributed by atoms with van der Waals surface area (Å²) in [5.41, 5.74) is 0.355. The zero-order valence-electron chi connectivity index (χ0n) is 13.4. The van der Waals surface area contributed by atoms with Gasteiger partial charge in [0.05, 0.1) is 12.1 Å². The number of rotatable bonds is 6. The van der Waals surface area contributed by atoms with E-state index in [1.165, 1.54) is 11.0 Å². The quantitative estimate of drug-likeness (QED) is 0.810. The van der Waals surface area contributed by atoms with E-state index in [1.54, 1.807) is 12.1 Å². The van der Waals surface area contributed by atoms with Crippen molar-refractivity contribution in [2.45, 2.75) is 26.4 Å². The highest BCUT2D eigenvalue weighted by Gasteiger charge is 2.36. The van der Waals surface area contributed by atoms with E-state index in [1.807, 2.05) is 13.8 Å². The zero-order valence-corrected chi connectivity index (χ0v) is 14.2. The third-order valence-corrected chi connectivity index (χ3v) is 3.63. The van der Waals surface area contributed by atoms with Crippen LogP contribution >= 0.6 is 11.6 Å². The summed E-state index contributed by atoms with van der Waals surface area (Å²) >= 11 is 5.96. The first-order valence-corrected chi connectivity index (χ1v) is 7.91.